The second-order valence-corrected chi connectivity index (χ2v) is 7.43. The lowest BCUT2D eigenvalue weighted by Gasteiger charge is -2.33. The molecule has 0 aliphatic heterocycles. The first kappa shape index (κ1) is 16.7. The van der Waals surface area contributed by atoms with Crippen LogP contribution in [0.4, 0.5) is 0 Å². The van der Waals surface area contributed by atoms with Gasteiger partial charge in [-0.15, -0.1) is 0 Å². The van der Waals surface area contributed by atoms with Crippen molar-refractivity contribution in [3.63, 3.8) is 0 Å². The van der Waals surface area contributed by atoms with Gasteiger partial charge in [0.15, 0.2) is 0 Å². The van der Waals surface area contributed by atoms with Crippen molar-refractivity contribution in [2.45, 2.75) is 37.6 Å². The average Bonchev–Trinajstić information content (AvgIpc) is 2.62. The van der Waals surface area contributed by atoms with Crippen LogP contribution in [0.2, 0.25) is 10.2 Å². The summed E-state index contributed by atoms with van der Waals surface area (Å²) in [6, 6.07) is 5.77. The van der Waals surface area contributed by atoms with Crippen molar-refractivity contribution in [2.24, 2.45) is 5.73 Å². The molecule has 1 aliphatic carbocycles. The maximum atomic E-state index is 6.64. The minimum Gasteiger partial charge on any atom is -0.320 e. The first-order chi connectivity index (χ1) is 12.1. The Labute approximate surface area is 156 Å². The van der Waals surface area contributed by atoms with Crippen LogP contribution in [-0.4, -0.2) is 15.0 Å². The quantitative estimate of drug-likeness (QED) is 0.634. The minimum atomic E-state index is -0.389. The molecule has 2 N–H and O–H groups in total. The number of nitrogens with two attached hydrogens (primary N) is 1. The maximum absolute atomic E-state index is 6.64. The highest BCUT2D eigenvalue weighted by Crippen LogP contribution is 2.37. The number of aromatic nitrogens is 3. The van der Waals surface area contributed by atoms with Gasteiger partial charge < -0.3 is 5.73 Å². The molecule has 3 aromatic heterocycles. The molecule has 0 bridgehead atoms. The molecule has 3 aromatic rings. The monoisotopic (exact) mass is 372 g/mol. The zero-order chi connectivity index (χ0) is 17.4. The van der Waals surface area contributed by atoms with Crippen LogP contribution >= 0.6 is 23.2 Å². The van der Waals surface area contributed by atoms with Crippen LogP contribution in [0.15, 0.2) is 36.8 Å². The first-order valence-corrected chi connectivity index (χ1v) is 9.18. The molecular weight excluding hydrogens is 355 g/mol. The van der Waals surface area contributed by atoms with Crippen molar-refractivity contribution in [2.75, 3.05) is 0 Å². The third kappa shape index (κ3) is 3.10. The van der Waals surface area contributed by atoms with E-state index in [0.29, 0.717) is 15.9 Å². The maximum Gasteiger partial charge on any atom is 0.137 e. The van der Waals surface area contributed by atoms with E-state index in [9.17, 15) is 0 Å². The summed E-state index contributed by atoms with van der Waals surface area (Å²) in [4.78, 5) is 13.2. The van der Waals surface area contributed by atoms with Crippen molar-refractivity contribution in [1.29, 1.82) is 0 Å². The van der Waals surface area contributed by atoms with Crippen molar-refractivity contribution >= 4 is 34.0 Å². The number of fused-ring (bicyclic) bond motifs is 1. The van der Waals surface area contributed by atoms with E-state index in [2.05, 4.69) is 15.0 Å². The molecule has 128 valence electrons. The van der Waals surface area contributed by atoms with Gasteiger partial charge in [0.25, 0.3) is 0 Å². The predicted octanol–water partition coefficient (Wildman–Crippen LogP) is 5.12. The van der Waals surface area contributed by atoms with Gasteiger partial charge in [0.05, 0.1) is 21.9 Å². The summed E-state index contributed by atoms with van der Waals surface area (Å²) in [5.41, 5.74) is 8.63. The lowest BCUT2D eigenvalue weighted by Crippen LogP contribution is -2.39. The van der Waals surface area contributed by atoms with Crippen molar-refractivity contribution in [3.8, 4) is 11.3 Å². The van der Waals surface area contributed by atoms with Gasteiger partial charge in [-0.2, -0.15) is 0 Å². The SMILES string of the molecule is NC1(c2cc(-c3cc4cnccc4c(Cl)n3)c(Cl)cn2)CCCCC1. The van der Waals surface area contributed by atoms with Crippen molar-refractivity contribution < 1.29 is 0 Å². The van der Waals surface area contributed by atoms with Gasteiger partial charge in [-0.25, -0.2) is 4.98 Å². The first-order valence-electron chi connectivity index (χ1n) is 8.42. The third-order valence-corrected chi connectivity index (χ3v) is 5.56. The lowest BCUT2D eigenvalue weighted by atomic mass is 9.79. The fraction of sp³-hybridized carbons (Fsp3) is 0.316. The number of nitrogens with zero attached hydrogens (tertiary/aromatic N) is 3. The van der Waals surface area contributed by atoms with Crippen LogP contribution in [0.3, 0.4) is 0 Å². The topological polar surface area (TPSA) is 64.7 Å². The zero-order valence-corrected chi connectivity index (χ0v) is 15.2. The second kappa shape index (κ2) is 6.52. The molecule has 4 nitrogen and oxygen atoms in total. The van der Waals surface area contributed by atoms with E-state index in [1.165, 1.54) is 6.42 Å². The summed E-state index contributed by atoms with van der Waals surface area (Å²) in [6.07, 6.45) is 10.5. The number of hydrogen-bond acceptors (Lipinski definition) is 4. The molecule has 1 aliphatic rings. The Bertz CT molecular complexity index is 936. The molecule has 1 saturated carbocycles. The van der Waals surface area contributed by atoms with Crippen LogP contribution in [-0.2, 0) is 5.54 Å². The highest BCUT2D eigenvalue weighted by molar-refractivity contribution is 6.35. The normalized spacial score (nSPS) is 16.9. The molecule has 3 heterocycles. The summed E-state index contributed by atoms with van der Waals surface area (Å²) in [6.45, 7) is 0. The number of halogens is 2. The largest absolute Gasteiger partial charge is 0.320 e. The molecule has 0 atom stereocenters. The van der Waals surface area contributed by atoms with Gasteiger partial charge in [0.1, 0.15) is 5.15 Å². The van der Waals surface area contributed by atoms with Crippen LogP contribution in [0, 0.1) is 0 Å². The Morgan fingerprint density at radius 1 is 1.04 bits per heavy atom. The van der Waals surface area contributed by atoms with Gasteiger partial charge in [0, 0.05) is 34.9 Å². The summed E-state index contributed by atoms with van der Waals surface area (Å²) >= 11 is 12.8. The Balaban J connectivity index is 1.84. The standard InChI is InChI=1S/C19H18Cl2N4/c20-15-11-24-17(19(22)5-2-1-3-6-19)9-14(15)16-8-12-10-23-7-4-13(12)18(21)25-16/h4,7-11H,1-3,5-6,22H2. The van der Waals surface area contributed by atoms with Crippen molar-refractivity contribution in [1.82, 2.24) is 15.0 Å². The number of hydrogen-bond donors (Lipinski definition) is 1. The van der Waals surface area contributed by atoms with Crippen LogP contribution < -0.4 is 5.73 Å². The molecule has 6 heteroatoms. The average molecular weight is 373 g/mol. The summed E-state index contributed by atoms with van der Waals surface area (Å²) in [7, 11) is 0. The molecule has 0 amide bonds. The Kier molecular flexibility index (Phi) is 4.36. The van der Waals surface area contributed by atoms with Crippen LogP contribution in [0.5, 0.6) is 0 Å². The minimum absolute atomic E-state index is 0.389. The lowest BCUT2D eigenvalue weighted by molar-refractivity contribution is 0.295. The molecular formula is C19H18Cl2N4. The van der Waals surface area contributed by atoms with E-state index in [0.717, 1.165) is 47.7 Å². The summed E-state index contributed by atoms with van der Waals surface area (Å²) in [5.74, 6) is 0. The van der Waals surface area contributed by atoms with Crippen LogP contribution in [0.25, 0.3) is 22.0 Å². The predicted molar refractivity (Wildman–Crippen MR) is 102 cm³/mol. The van der Waals surface area contributed by atoms with Crippen LogP contribution in [0.1, 0.15) is 37.8 Å². The van der Waals surface area contributed by atoms with E-state index in [4.69, 9.17) is 28.9 Å². The van der Waals surface area contributed by atoms with E-state index >= 15 is 0 Å². The number of rotatable bonds is 2. The Morgan fingerprint density at radius 3 is 2.64 bits per heavy atom. The van der Waals surface area contributed by atoms with Gasteiger partial charge in [-0.3, -0.25) is 9.97 Å². The van der Waals surface area contributed by atoms with Gasteiger partial charge in [-0.05, 0) is 31.0 Å². The highest BCUT2D eigenvalue weighted by Gasteiger charge is 2.31. The van der Waals surface area contributed by atoms with E-state index < -0.39 is 0 Å². The summed E-state index contributed by atoms with van der Waals surface area (Å²) < 4.78 is 0. The Morgan fingerprint density at radius 2 is 1.84 bits per heavy atom. The molecule has 0 unspecified atom stereocenters. The number of pyridine rings is 3. The van der Waals surface area contributed by atoms with E-state index in [1.54, 1.807) is 18.6 Å². The Hall–Kier alpha value is -1.75. The molecule has 25 heavy (non-hydrogen) atoms. The fourth-order valence-corrected chi connectivity index (χ4v) is 4.00. The molecule has 0 aromatic carbocycles. The van der Waals surface area contributed by atoms with Gasteiger partial charge in [0.2, 0.25) is 0 Å². The van der Waals surface area contributed by atoms with Gasteiger partial charge in [-0.1, -0.05) is 42.5 Å². The molecule has 4 rings (SSSR count). The van der Waals surface area contributed by atoms with Crippen molar-refractivity contribution in [3.05, 3.63) is 52.7 Å². The highest BCUT2D eigenvalue weighted by atomic mass is 35.5. The zero-order valence-electron chi connectivity index (χ0n) is 13.7. The fourth-order valence-electron chi connectivity index (χ4n) is 3.54. The smallest absolute Gasteiger partial charge is 0.137 e. The second-order valence-electron chi connectivity index (χ2n) is 6.66. The molecule has 0 saturated heterocycles. The molecule has 0 radical (unpaired) electrons. The van der Waals surface area contributed by atoms with E-state index in [1.807, 2.05) is 18.2 Å². The molecule has 1 fully saturated rings. The molecule has 0 spiro atoms. The third-order valence-electron chi connectivity index (χ3n) is 4.97. The van der Waals surface area contributed by atoms with E-state index in [-0.39, 0.29) is 5.54 Å². The summed E-state index contributed by atoms with van der Waals surface area (Å²) in [5, 5.41) is 2.76. The van der Waals surface area contributed by atoms with Gasteiger partial charge >= 0.3 is 0 Å².